The number of imidazole rings is 1. The van der Waals surface area contributed by atoms with Crippen LogP contribution in [0.5, 0.6) is 0 Å². The molecule has 2 atom stereocenters. The number of hydrogen-bond donors (Lipinski definition) is 3. The monoisotopic (exact) mass is 278 g/mol. The highest BCUT2D eigenvalue weighted by atomic mass is 32.2. The Morgan fingerprint density at radius 1 is 1.37 bits per heavy atom. The molecule has 1 aliphatic carbocycles. The summed E-state index contributed by atoms with van der Waals surface area (Å²) in [6, 6.07) is 0.435. The van der Waals surface area contributed by atoms with E-state index in [1.807, 2.05) is 11.8 Å². The smallest absolute Gasteiger partial charge is 0.224 e. The van der Waals surface area contributed by atoms with Gasteiger partial charge in [-0.2, -0.15) is 21.7 Å². The van der Waals surface area contributed by atoms with E-state index < -0.39 is 0 Å². The molecule has 7 heteroatoms. The normalized spacial score (nSPS) is 23.6. The van der Waals surface area contributed by atoms with Crippen LogP contribution in [0.1, 0.15) is 25.7 Å². The molecule has 2 aromatic rings. The highest BCUT2D eigenvalue weighted by molar-refractivity contribution is 7.99. The summed E-state index contributed by atoms with van der Waals surface area (Å²) in [4.78, 5) is 15.6. The van der Waals surface area contributed by atoms with Gasteiger partial charge in [0.15, 0.2) is 11.5 Å². The van der Waals surface area contributed by atoms with Gasteiger partial charge in [-0.05, 0) is 19.1 Å². The maximum absolute atomic E-state index is 5.73. The molecule has 0 aliphatic heterocycles. The Morgan fingerprint density at radius 3 is 3.05 bits per heavy atom. The van der Waals surface area contributed by atoms with Gasteiger partial charge in [0, 0.05) is 11.3 Å². The van der Waals surface area contributed by atoms with E-state index in [1.165, 1.54) is 25.7 Å². The lowest BCUT2D eigenvalue weighted by Crippen LogP contribution is -2.34. The van der Waals surface area contributed by atoms with Crippen LogP contribution in [0.2, 0.25) is 0 Å². The molecule has 2 heterocycles. The first-order valence-corrected chi connectivity index (χ1v) is 7.82. The van der Waals surface area contributed by atoms with Gasteiger partial charge in [-0.25, -0.2) is 4.98 Å². The van der Waals surface area contributed by atoms with E-state index in [0.717, 1.165) is 11.3 Å². The van der Waals surface area contributed by atoms with E-state index >= 15 is 0 Å². The molecule has 2 unspecified atom stereocenters. The number of fused-ring (bicyclic) bond motifs is 1. The Kier molecular flexibility index (Phi) is 3.46. The van der Waals surface area contributed by atoms with E-state index in [9.17, 15) is 0 Å². The van der Waals surface area contributed by atoms with E-state index in [-0.39, 0.29) is 5.95 Å². The number of aromatic nitrogens is 4. The van der Waals surface area contributed by atoms with Crippen molar-refractivity contribution in [3.63, 3.8) is 0 Å². The Hall–Kier alpha value is -1.50. The summed E-state index contributed by atoms with van der Waals surface area (Å²) < 4.78 is 0. The highest BCUT2D eigenvalue weighted by Crippen LogP contribution is 2.30. The third-order valence-electron chi connectivity index (χ3n) is 3.63. The van der Waals surface area contributed by atoms with Crippen molar-refractivity contribution in [1.29, 1.82) is 0 Å². The van der Waals surface area contributed by atoms with Crippen molar-refractivity contribution < 1.29 is 0 Å². The van der Waals surface area contributed by atoms with Crippen molar-refractivity contribution in [2.75, 3.05) is 17.3 Å². The molecule has 2 aromatic heterocycles. The van der Waals surface area contributed by atoms with Gasteiger partial charge in [-0.1, -0.05) is 12.8 Å². The fourth-order valence-electron chi connectivity index (χ4n) is 2.67. The number of H-pyrrole nitrogens is 1. The topological polar surface area (TPSA) is 92.5 Å². The van der Waals surface area contributed by atoms with Crippen molar-refractivity contribution in [2.24, 2.45) is 0 Å². The van der Waals surface area contributed by atoms with E-state index in [4.69, 9.17) is 5.73 Å². The predicted octanol–water partition coefficient (Wildman–Crippen LogP) is 2.02. The largest absolute Gasteiger partial charge is 0.368 e. The zero-order chi connectivity index (χ0) is 13.2. The predicted molar refractivity (Wildman–Crippen MR) is 79.3 cm³/mol. The third-order valence-corrected chi connectivity index (χ3v) is 4.80. The van der Waals surface area contributed by atoms with Crippen LogP contribution in [-0.4, -0.2) is 37.5 Å². The van der Waals surface area contributed by atoms with Gasteiger partial charge >= 0.3 is 0 Å². The molecule has 1 aliphatic rings. The Morgan fingerprint density at radius 2 is 2.21 bits per heavy atom. The Balaban J connectivity index is 1.89. The molecule has 19 heavy (non-hydrogen) atoms. The Labute approximate surface area is 116 Å². The van der Waals surface area contributed by atoms with Crippen LogP contribution in [0.15, 0.2) is 6.33 Å². The average Bonchev–Trinajstić information content (AvgIpc) is 2.87. The van der Waals surface area contributed by atoms with Crippen LogP contribution >= 0.6 is 11.8 Å². The highest BCUT2D eigenvalue weighted by Gasteiger charge is 2.25. The minimum absolute atomic E-state index is 0.263. The number of anilines is 2. The second-order valence-corrected chi connectivity index (χ2v) is 5.92. The molecule has 102 valence electrons. The molecule has 0 bridgehead atoms. The number of hydrogen-bond acceptors (Lipinski definition) is 6. The molecule has 3 rings (SSSR count). The first-order chi connectivity index (χ1) is 9.28. The number of nitrogen functional groups attached to an aromatic ring is 1. The minimum atomic E-state index is 0.263. The molecule has 0 radical (unpaired) electrons. The Bertz CT molecular complexity index is 568. The summed E-state index contributed by atoms with van der Waals surface area (Å²) in [5, 5.41) is 4.16. The summed E-state index contributed by atoms with van der Waals surface area (Å²) >= 11 is 1.92. The number of thioether (sulfide) groups is 1. The van der Waals surface area contributed by atoms with Crippen LogP contribution in [0, 0.1) is 0 Å². The fourth-order valence-corrected chi connectivity index (χ4v) is 3.61. The molecule has 1 fully saturated rings. The molecule has 1 saturated carbocycles. The summed E-state index contributed by atoms with van der Waals surface area (Å²) in [5.41, 5.74) is 7.18. The molecular formula is C12H18N6S. The van der Waals surface area contributed by atoms with Gasteiger partial charge in [-0.3, -0.25) is 0 Å². The van der Waals surface area contributed by atoms with Crippen molar-refractivity contribution in [2.45, 2.75) is 37.0 Å². The maximum atomic E-state index is 5.73. The number of nitrogens with one attached hydrogen (secondary N) is 2. The molecule has 0 amide bonds. The van der Waals surface area contributed by atoms with Gasteiger partial charge in [0.25, 0.3) is 0 Å². The standard InChI is InChI=1S/C12H18N6S/c1-19-8-5-3-2-4-7(8)16-11-9-10(15-6-14-9)17-12(13)18-11/h6-8H,2-5H2,1H3,(H4,13,14,15,16,17,18). The van der Waals surface area contributed by atoms with Crippen molar-refractivity contribution in [3.05, 3.63) is 6.33 Å². The van der Waals surface area contributed by atoms with Crippen LogP contribution < -0.4 is 11.1 Å². The minimum Gasteiger partial charge on any atom is -0.368 e. The second-order valence-electron chi connectivity index (χ2n) is 4.84. The van der Waals surface area contributed by atoms with Crippen LogP contribution in [0.25, 0.3) is 11.2 Å². The fraction of sp³-hybridized carbons (Fsp3) is 0.583. The first kappa shape index (κ1) is 12.5. The maximum Gasteiger partial charge on any atom is 0.224 e. The van der Waals surface area contributed by atoms with Crippen molar-refractivity contribution in [1.82, 2.24) is 19.9 Å². The van der Waals surface area contributed by atoms with Gasteiger partial charge in [0.1, 0.15) is 5.52 Å². The zero-order valence-corrected chi connectivity index (χ0v) is 11.7. The van der Waals surface area contributed by atoms with E-state index in [0.29, 0.717) is 16.9 Å². The lowest BCUT2D eigenvalue weighted by molar-refractivity contribution is 0.474. The van der Waals surface area contributed by atoms with Crippen LogP contribution in [0.3, 0.4) is 0 Å². The van der Waals surface area contributed by atoms with Crippen LogP contribution in [0.4, 0.5) is 11.8 Å². The van der Waals surface area contributed by atoms with Gasteiger partial charge in [0.05, 0.1) is 6.33 Å². The molecule has 6 nitrogen and oxygen atoms in total. The summed E-state index contributed by atoms with van der Waals surface area (Å²) in [5.74, 6) is 1.03. The molecule has 0 spiro atoms. The number of nitrogens with zero attached hydrogens (tertiary/aromatic N) is 3. The first-order valence-electron chi connectivity index (χ1n) is 6.54. The second kappa shape index (κ2) is 5.24. The number of rotatable bonds is 3. The lowest BCUT2D eigenvalue weighted by Gasteiger charge is -2.31. The molecular weight excluding hydrogens is 260 g/mol. The van der Waals surface area contributed by atoms with Gasteiger partial charge in [0.2, 0.25) is 5.95 Å². The van der Waals surface area contributed by atoms with E-state index in [1.54, 1.807) is 6.33 Å². The van der Waals surface area contributed by atoms with Crippen LogP contribution in [-0.2, 0) is 0 Å². The van der Waals surface area contributed by atoms with Gasteiger partial charge < -0.3 is 16.0 Å². The summed E-state index contributed by atoms with van der Waals surface area (Å²) in [6.07, 6.45) is 8.80. The van der Waals surface area contributed by atoms with E-state index in [2.05, 4.69) is 31.5 Å². The quantitative estimate of drug-likeness (QED) is 0.795. The summed E-state index contributed by atoms with van der Waals surface area (Å²) in [7, 11) is 0. The van der Waals surface area contributed by atoms with Crippen molar-refractivity contribution >= 4 is 34.7 Å². The molecule has 0 aromatic carbocycles. The summed E-state index contributed by atoms with van der Waals surface area (Å²) in [6.45, 7) is 0. The average molecular weight is 278 g/mol. The number of nitrogens with two attached hydrogens (primary N) is 1. The molecule has 0 saturated heterocycles. The molecule has 4 N–H and O–H groups in total. The van der Waals surface area contributed by atoms with Crippen molar-refractivity contribution in [3.8, 4) is 0 Å². The third kappa shape index (κ3) is 2.47. The SMILES string of the molecule is CSC1CCCCC1Nc1nc(N)nc2nc[nH]c12. The van der Waals surface area contributed by atoms with Gasteiger partial charge in [-0.15, -0.1) is 0 Å². The number of aromatic amines is 1. The lowest BCUT2D eigenvalue weighted by atomic mass is 9.95. The zero-order valence-electron chi connectivity index (χ0n) is 10.9.